The van der Waals surface area contributed by atoms with Crippen molar-refractivity contribution in [2.45, 2.75) is 77.0 Å². The third-order valence-corrected chi connectivity index (χ3v) is 10.7. The predicted octanol–water partition coefficient (Wildman–Crippen LogP) is 12.3. The number of benzene rings is 4. The molecule has 0 unspecified atom stereocenters. The molecule has 0 aliphatic heterocycles. The zero-order valence-corrected chi connectivity index (χ0v) is 39.9. The second kappa shape index (κ2) is 31.8. The van der Waals surface area contributed by atoms with Crippen molar-refractivity contribution < 1.29 is 57.1 Å². The number of ether oxygens (including phenoxy) is 8. The Kier molecular flexibility index (Phi) is 25.1. The number of unbranched alkanes of at least 4 members (excludes halogenated alkanes) is 8. The van der Waals surface area contributed by atoms with Gasteiger partial charge in [0.15, 0.2) is 0 Å². The maximum atomic E-state index is 13.6. The summed E-state index contributed by atoms with van der Waals surface area (Å²) in [4.78, 5) is 54.6. The third-order valence-electron chi connectivity index (χ3n) is 10.7. The number of carbonyl (C=O) groups excluding carboxylic acids is 4. The van der Waals surface area contributed by atoms with Crippen LogP contribution in [0.25, 0.3) is 0 Å². The van der Waals surface area contributed by atoms with Crippen LogP contribution in [0.2, 0.25) is 0 Å². The normalized spacial score (nSPS) is 10.8. The zero-order chi connectivity index (χ0) is 49.4. The lowest BCUT2D eigenvalue weighted by atomic mass is 9.92. The molecule has 368 valence electrons. The Balaban J connectivity index is 1.56. The van der Waals surface area contributed by atoms with Crippen molar-refractivity contribution in [1.29, 1.82) is 0 Å². The Bertz CT molecular complexity index is 1860. The minimum atomic E-state index is -1.59. The Morgan fingerprint density at radius 3 is 0.725 bits per heavy atom. The lowest BCUT2D eigenvalue weighted by Crippen LogP contribution is -2.44. The van der Waals surface area contributed by atoms with Crippen molar-refractivity contribution >= 4 is 23.9 Å². The van der Waals surface area contributed by atoms with Gasteiger partial charge in [-0.3, -0.25) is 0 Å². The molecule has 69 heavy (non-hydrogen) atoms. The summed E-state index contributed by atoms with van der Waals surface area (Å²) in [6, 6.07) is 25.9. The van der Waals surface area contributed by atoms with Crippen LogP contribution < -0.4 is 18.9 Å². The zero-order valence-electron chi connectivity index (χ0n) is 39.9. The van der Waals surface area contributed by atoms with Gasteiger partial charge < -0.3 is 37.9 Å². The number of carbonyl (C=O) groups is 4. The number of allylic oxidation sites excluding steroid dienone is 4. The summed E-state index contributed by atoms with van der Waals surface area (Å²) in [7, 11) is 0. The maximum absolute atomic E-state index is 13.6. The molecule has 12 nitrogen and oxygen atoms in total. The molecular formula is C57H68O12. The number of hydrogen-bond acceptors (Lipinski definition) is 12. The molecule has 0 saturated carbocycles. The molecule has 0 spiro atoms. The minimum Gasteiger partial charge on any atom is -0.494 e. The lowest BCUT2D eigenvalue weighted by molar-refractivity contribution is -0.0641. The van der Waals surface area contributed by atoms with Crippen LogP contribution in [0.3, 0.4) is 0 Å². The maximum Gasteiger partial charge on any atom is 0.338 e. The molecule has 0 aliphatic rings. The molecule has 0 saturated heterocycles. The van der Waals surface area contributed by atoms with E-state index in [0.717, 1.165) is 77.0 Å². The van der Waals surface area contributed by atoms with E-state index < -0.39 is 55.7 Å². The van der Waals surface area contributed by atoms with Gasteiger partial charge in [0.1, 0.15) is 54.8 Å². The third kappa shape index (κ3) is 20.8. The van der Waals surface area contributed by atoms with Crippen LogP contribution in [-0.2, 0) is 18.9 Å². The summed E-state index contributed by atoms with van der Waals surface area (Å²) in [5.74, 6) is -0.553. The molecule has 4 rings (SSSR count). The van der Waals surface area contributed by atoms with Crippen LogP contribution in [0.5, 0.6) is 23.0 Å². The number of esters is 4. The molecule has 0 amide bonds. The molecule has 0 heterocycles. The van der Waals surface area contributed by atoms with Gasteiger partial charge in [-0.15, -0.1) is 26.3 Å². The second-order valence-corrected chi connectivity index (χ2v) is 16.4. The largest absolute Gasteiger partial charge is 0.494 e. The summed E-state index contributed by atoms with van der Waals surface area (Å²) in [6.45, 7) is 15.1. The summed E-state index contributed by atoms with van der Waals surface area (Å²) in [5.41, 5.74) is -0.750. The average molecular weight is 945 g/mol. The Morgan fingerprint density at radius 2 is 0.536 bits per heavy atom. The molecular weight excluding hydrogens is 877 g/mol. The van der Waals surface area contributed by atoms with E-state index in [4.69, 9.17) is 37.9 Å². The molecule has 0 radical (unpaired) electrons. The fourth-order valence-corrected chi connectivity index (χ4v) is 6.53. The fourth-order valence-electron chi connectivity index (χ4n) is 6.53. The van der Waals surface area contributed by atoms with E-state index in [0.29, 0.717) is 49.4 Å². The smallest absolute Gasteiger partial charge is 0.338 e. The van der Waals surface area contributed by atoms with Gasteiger partial charge in [-0.05, 0) is 174 Å². The lowest BCUT2D eigenvalue weighted by Gasteiger charge is -2.31. The standard InChI is InChI=1S/C57H68O12/c1-5-9-13-17-37-62-49-29-21-45(22-30-49)53(58)66-41-57(42-67-54(59)46-23-31-50(32-24-46)63-38-18-14-10-6-2,43-68-55(60)47-25-33-51(34-26-47)64-39-19-15-11-7-3)44-69-56(61)48-27-35-52(36-28-48)65-40-20-16-12-8-4/h5-8,21-36H,1-4,9-20,37-44H2. The van der Waals surface area contributed by atoms with Gasteiger partial charge in [0, 0.05) is 0 Å². The first kappa shape index (κ1) is 54.5. The van der Waals surface area contributed by atoms with Gasteiger partial charge in [-0.1, -0.05) is 24.3 Å². The van der Waals surface area contributed by atoms with Crippen molar-refractivity contribution in [2.75, 3.05) is 52.9 Å². The van der Waals surface area contributed by atoms with Crippen molar-refractivity contribution in [2.24, 2.45) is 5.41 Å². The van der Waals surface area contributed by atoms with Crippen LogP contribution in [0, 0.1) is 5.41 Å². The van der Waals surface area contributed by atoms with Gasteiger partial charge in [-0.25, -0.2) is 19.2 Å². The summed E-state index contributed by atoms with van der Waals surface area (Å²) in [6.07, 6.45) is 18.2. The fraction of sp³-hybridized carbons (Fsp3) is 0.368. The highest BCUT2D eigenvalue weighted by atomic mass is 16.6. The van der Waals surface area contributed by atoms with E-state index in [-0.39, 0.29) is 22.3 Å². The van der Waals surface area contributed by atoms with Crippen LogP contribution in [0.1, 0.15) is 118 Å². The van der Waals surface area contributed by atoms with Gasteiger partial charge in [-0.2, -0.15) is 0 Å². The first-order valence-electron chi connectivity index (χ1n) is 23.7. The molecule has 0 aliphatic carbocycles. The second-order valence-electron chi connectivity index (χ2n) is 16.4. The van der Waals surface area contributed by atoms with E-state index in [1.807, 2.05) is 24.3 Å². The quantitative estimate of drug-likeness (QED) is 0.0185. The van der Waals surface area contributed by atoms with Crippen LogP contribution in [0.4, 0.5) is 0 Å². The van der Waals surface area contributed by atoms with Gasteiger partial charge in [0.2, 0.25) is 0 Å². The van der Waals surface area contributed by atoms with Gasteiger partial charge >= 0.3 is 23.9 Å². The summed E-state index contributed by atoms with van der Waals surface area (Å²) < 4.78 is 46.8. The van der Waals surface area contributed by atoms with Gasteiger partial charge in [0.05, 0.1) is 48.7 Å². The predicted molar refractivity (Wildman–Crippen MR) is 268 cm³/mol. The highest BCUT2D eigenvalue weighted by molar-refractivity contribution is 5.91. The number of rotatable bonds is 36. The van der Waals surface area contributed by atoms with E-state index >= 15 is 0 Å². The average Bonchev–Trinajstić information content (AvgIpc) is 3.38. The van der Waals surface area contributed by atoms with Crippen LogP contribution >= 0.6 is 0 Å². The minimum absolute atomic E-state index is 0.211. The van der Waals surface area contributed by atoms with Crippen molar-refractivity contribution in [3.05, 3.63) is 170 Å². The van der Waals surface area contributed by atoms with E-state index in [1.54, 1.807) is 97.1 Å². The molecule has 0 bridgehead atoms. The Morgan fingerprint density at radius 1 is 0.333 bits per heavy atom. The first-order valence-corrected chi connectivity index (χ1v) is 23.7. The molecule has 4 aromatic rings. The highest BCUT2D eigenvalue weighted by Gasteiger charge is 2.38. The molecule has 12 heteroatoms. The summed E-state index contributed by atoms with van der Waals surface area (Å²) in [5, 5.41) is 0. The van der Waals surface area contributed by atoms with Crippen molar-refractivity contribution in [3.63, 3.8) is 0 Å². The molecule has 0 aromatic heterocycles. The summed E-state index contributed by atoms with van der Waals surface area (Å²) >= 11 is 0. The molecule has 4 aromatic carbocycles. The van der Waals surface area contributed by atoms with Gasteiger partial charge in [0.25, 0.3) is 0 Å². The van der Waals surface area contributed by atoms with Crippen molar-refractivity contribution in [3.8, 4) is 23.0 Å². The molecule has 0 atom stereocenters. The Hall–Kier alpha value is -7.08. The van der Waals surface area contributed by atoms with Crippen LogP contribution in [-0.4, -0.2) is 76.7 Å². The topological polar surface area (TPSA) is 142 Å². The SMILES string of the molecule is C=CCCCCOc1ccc(C(=O)OCC(COC(=O)c2ccc(OCCCCC=C)cc2)(COC(=O)c2ccc(OCCCCC=C)cc2)COC(=O)c2ccc(OCCCCC=C)cc2)cc1. The molecule has 0 fully saturated rings. The van der Waals surface area contributed by atoms with E-state index in [1.165, 1.54) is 0 Å². The van der Waals surface area contributed by atoms with Crippen LogP contribution in [0.15, 0.2) is 148 Å². The first-order chi connectivity index (χ1) is 33.7. The molecule has 0 N–H and O–H groups in total. The van der Waals surface area contributed by atoms with Crippen molar-refractivity contribution in [1.82, 2.24) is 0 Å². The monoisotopic (exact) mass is 944 g/mol. The Labute approximate surface area is 407 Å². The van der Waals surface area contributed by atoms with E-state index in [9.17, 15) is 19.2 Å². The van der Waals surface area contributed by atoms with E-state index in [2.05, 4.69) is 26.3 Å². The number of hydrogen-bond donors (Lipinski definition) is 0. The highest BCUT2D eigenvalue weighted by Crippen LogP contribution is 2.26.